The topological polar surface area (TPSA) is 30.7 Å². The summed E-state index contributed by atoms with van der Waals surface area (Å²) in [6.07, 6.45) is 2.85. The maximum atomic E-state index is 6.29. The molecule has 3 aromatic rings. The Morgan fingerprint density at radius 3 is 3.00 bits per heavy atom. The summed E-state index contributed by atoms with van der Waals surface area (Å²) in [5, 5.41) is 2.01. The fourth-order valence-corrected chi connectivity index (χ4v) is 3.53. The van der Waals surface area contributed by atoms with E-state index in [1.165, 1.54) is 10.4 Å². The van der Waals surface area contributed by atoms with Gasteiger partial charge < -0.3 is 4.57 Å². The van der Waals surface area contributed by atoms with E-state index in [9.17, 15) is 0 Å². The number of nitrogens with zero attached hydrogens (tertiary/aromatic N) is 3. The van der Waals surface area contributed by atoms with Crippen molar-refractivity contribution < 1.29 is 0 Å². The second kappa shape index (κ2) is 5.54. The van der Waals surface area contributed by atoms with E-state index < -0.39 is 0 Å². The van der Waals surface area contributed by atoms with Gasteiger partial charge in [-0.25, -0.2) is 9.97 Å². The summed E-state index contributed by atoms with van der Waals surface area (Å²) in [6.45, 7) is 4.93. The Bertz CT molecular complexity index is 730. The normalized spacial score (nSPS) is 12.9. The summed E-state index contributed by atoms with van der Waals surface area (Å²) in [7, 11) is 0. The van der Waals surface area contributed by atoms with Crippen LogP contribution in [0.3, 0.4) is 0 Å². The number of alkyl halides is 1. The van der Waals surface area contributed by atoms with E-state index in [4.69, 9.17) is 11.6 Å². The predicted molar refractivity (Wildman–Crippen MR) is 84.6 cm³/mol. The van der Waals surface area contributed by atoms with Crippen LogP contribution in [0.2, 0.25) is 0 Å². The standard InChI is InChI=1S/C15H16ClN3S/c1-3-11-6-8-20-13(11)9-19-14(10(2)16)18-12-5-4-7-17-15(12)19/h4-8,10H,3,9H2,1-2H3. The smallest absolute Gasteiger partial charge is 0.160 e. The summed E-state index contributed by atoms with van der Waals surface area (Å²) in [5.74, 6) is 0.885. The number of fused-ring (bicyclic) bond motifs is 1. The number of aromatic nitrogens is 3. The fourth-order valence-electron chi connectivity index (χ4n) is 2.40. The molecule has 0 aliphatic carbocycles. The Hall–Kier alpha value is -1.39. The lowest BCUT2D eigenvalue weighted by Gasteiger charge is -2.10. The number of hydrogen-bond donors (Lipinski definition) is 0. The minimum Gasteiger partial charge on any atom is -0.306 e. The highest BCUT2D eigenvalue weighted by Gasteiger charge is 2.17. The van der Waals surface area contributed by atoms with Gasteiger partial charge in [-0.1, -0.05) is 6.92 Å². The van der Waals surface area contributed by atoms with Crippen LogP contribution in [0.4, 0.5) is 0 Å². The quantitative estimate of drug-likeness (QED) is 0.669. The SMILES string of the molecule is CCc1ccsc1Cn1c(C(C)Cl)nc2cccnc21. The lowest BCUT2D eigenvalue weighted by molar-refractivity contribution is 0.739. The van der Waals surface area contributed by atoms with E-state index in [2.05, 4.69) is 32.9 Å². The Morgan fingerprint density at radius 2 is 2.25 bits per heavy atom. The van der Waals surface area contributed by atoms with Crippen LogP contribution in [0, 0.1) is 0 Å². The lowest BCUT2D eigenvalue weighted by Crippen LogP contribution is -2.06. The van der Waals surface area contributed by atoms with Crippen LogP contribution in [0.25, 0.3) is 11.2 Å². The summed E-state index contributed by atoms with van der Waals surface area (Å²) < 4.78 is 2.14. The first kappa shape index (κ1) is 13.6. The molecule has 3 nitrogen and oxygen atoms in total. The molecule has 0 amide bonds. The van der Waals surface area contributed by atoms with Crippen molar-refractivity contribution in [1.29, 1.82) is 0 Å². The minimum atomic E-state index is -0.130. The number of hydrogen-bond acceptors (Lipinski definition) is 3. The van der Waals surface area contributed by atoms with Crippen LogP contribution < -0.4 is 0 Å². The van der Waals surface area contributed by atoms with Gasteiger partial charge in [-0.05, 0) is 42.5 Å². The minimum absolute atomic E-state index is 0.130. The van der Waals surface area contributed by atoms with Crippen molar-refractivity contribution in [3.8, 4) is 0 Å². The number of rotatable bonds is 4. The first-order valence-corrected chi connectivity index (χ1v) is 8.02. The summed E-state index contributed by atoms with van der Waals surface area (Å²) in [5.41, 5.74) is 3.20. The van der Waals surface area contributed by atoms with Gasteiger partial charge in [0.15, 0.2) is 5.65 Å². The van der Waals surface area contributed by atoms with Crippen molar-refractivity contribution in [3.63, 3.8) is 0 Å². The van der Waals surface area contributed by atoms with Gasteiger partial charge in [0.1, 0.15) is 11.3 Å². The summed E-state index contributed by atoms with van der Waals surface area (Å²) in [4.78, 5) is 10.4. The zero-order chi connectivity index (χ0) is 14.1. The summed E-state index contributed by atoms with van der Waals surface area (Å²) in [6, 6.07) is 6.08. The molecule has 3 rings (SSSR count). The van der Waals surface area contributed by atoms with Crippen LogP contribution in [0.1, 0.15) is 35.5 Å². The zero-order valence-corrected chi connectivity index (χ0v) is 13.1. The monoisotopic (exact) mass is 305 g/mol. The second-order valence-corrected chi connectivity index (χ2v) is 6.40. The van der Waals surface area contributed by atoms with E-state index in [0.29, 0.717) is 0 Å². The number of pyridine rings is 1. The van der Waals surface area contributed by atoms with Crippen LogP contribution in [0.5, 0.6) is 0 Å². The molecular formula is C15H16ClN3S. The first-order chi connectivity index (χ1) is 9.70. The van der Waals surface area contributed by atoms with Crippen molar-refractivity contribution in [2.45, 2.75) is 32.2 Å². The molecule has 0 aromatic carbocycles. The van der Waals surface area contributed by atoms with Crippen molar-refractivity contribution in [2.24, 2.45) is 0 Å². The highest BCUT2D eigenvalue weighted by atomic mass is 35.5. The number of aryl methyl sites for hydroxylation is 1. The third kappa shape index (κ3) is 2.34. The Labute approximate surface area is 127 Å². The molecule has 5 heteroatoms. The van der Waals surface area contributed by atoms with Crippen molar-refractivity contribution >= 4 is 34.1 Å². The van der Waals surface area contributed by atoms with Crippen LogP contribution in [-0.4, -0.2) is 14.5 Å². The average molecular weight is 306 g/mol. The van der Waals surface area contributed by atoms with Gasteiger partial charge in [-0.3, -0.25) is 0 Å². The molecule has 0 N–H and O–H groups in total. The van der Waals surface area contributed by atoms with Gasteiger partial charge in [0.2, 0.25) is 0 Å². The molecule has 0 aliphatic rings. The van der Waals surface area contributed by atoms with Gasteiger partial charge >= 0.3 is 0 Å². The molecule has 0 fully saturated rings. The molecule has 1 unspecified atom stereocenters. The van der Waals surface area contributed by atoms with Gasteiger partial charge in [-0.2, -0.15) is 0 Å². The Morgan fingerprint density at radius 1 is 1.40 bits per heavy atom. The van der Waals surface area contributed by atoms with Crippen molar-refractivity contribution in [2.75, 3.05) is 0 Å². The molecule has 3 heterocycles. The molecule has 0 spiro atoms. The van der Waals surface area contributed by atoms with E-state index in [-0.39, 0.29) is 5.38 Å². The van der Waals surface area contributed by atoms with E-state index in [0.717, 1.165) is 30.0 Å². The van der Waals surface area contributed by atoms with Crippen LogP contribution >= 0.6 is 22.9 Å². The lowest BCUT2D eigenvalue weighted by atomic mass is 10.2. The molecular weight excluding hydrogens is 290 g/mol. The number of imidazole rings is 1. The average Bonchev–Trinajstić information content (AvgIpc) is 3.04. The van der Waals surface area contributed by atoms with Crippen molar-refractivity contribution in [1.82, 2.24) is 14.5 Å². The van der Waals surface area contributed by atoms with E-state index in [1.54, 1.807) is 17.5 Å². The molecule has 0 radical (unpaired) electrons. The zero-order valence-electron chi connectivity index (χ0n) is 11.5. The van der Waals surface area contributed by atoms with Crippen molar-refractivity contribution in [3.05, 3.63) is 46.0 Å². The Kier molecular flexibility index (Phi) is 3.76. The van der Waals surface area contributed by atoms with E-state index >= 15 is 0 Å². The first-order valence-electron chi connectivity index (χ1n) is 6.71. The largest absolute Gasteiger partial charge is 0.306 e. The third-order valence-corrected chi connectivity index (χ3v) is 4.55. The number of halogens is 1. The van der Waals surface area contributed by atoms with Gasteiger partial charge in [0.25, 0.3) is 0 Å². The molecule has 1 atom stereocenters. The second-order valence-electron chi connectivity index (χ2n) is 4.74. The highest BCUT2D eigenvalue weighted by Crippen LogP contribution is 2.26. The molecule has 0 aliphatic heterocycles. The molecule has 104 valence electrons. The van der Waals surface area contributed by atoms with Gasteiger partial charge in [-0.15, -0.1) is 22.9 Å². The van der Waals surface area contributed by atoms with E-state index in [1.807, 2.05) is 19.1 Å². The maximum absolute atomic E-state index is 6.29. The molecule has 20 heavy (non-hydrogen) atoms. The van der Waals surface area contributed by atoms with Crippen LogP contribution in [-0.2, 0) is 13.0 Å². The third-order valence-electron chi connectivity index (χ3n) is 3.41. The molecule has 3 aromatic heterocycles. The maximum Gasteiger partial charge on any atom is 0.160 e. The number of thiophene rings is 1. The molecule has 0 bridgehead atoms. The fraction of sp³-hybridized carbons (Fsp3) is 0.333. The molecule has 0 saturated heterocycles. The summed E-state index contributed by atoms with van der Waals surface area (Å²) >= 11 is 8.07. The van der Waals surface area contributed by atoms with Gasteiger partial charge in [0.05, 0.1) is 11.9 Å². The Balaban J connectivity index is 2.12. The molecule has 0 saturated carbocycles. The van der Waals surface area contributed by atoms with Gasteiger partial charge in [0, 0.05) is 11.1 Å². The predicted octanol–water partition coefficient (Wildman–Crippen LogP) is 4.40. The van der Waals surface area contributed by atoms with Crippen LogP contribution in [0.15, 0.2) is 29.8 Å². The highest BCUT2D eigenvalue weighted by molar-refractivity contribution is 7.10.